The van der Waals surface area contributed by atoms with Crippen LogP contribution in [-0.4, -0.2) is 49.4 Å². The number of hydrogen-bond acceptors (Lipinski definition) is 3. The van der Waals surface area contributed by atoms with Gasteiger partial charge in [0.05, 0.1) is 6.61 Å². The van der Waals surface area contributed by atoms with Gasteiger partial charge in [0, 0.05) is 57.3 Å². The lowest BCUT2D eigenvalue weighted by molar-refractivity contribution is -0.0247. The normalized spacial score (nSPS) is 28.5. The van der Waals surface area contributed by atoms with Gasteiger partial charge in [-0.3, -0.25) is 4.90 Å². The number of nitrogens with one attached hydrogen (secondary N) is 1. The largest absolute Gasteiger partial charge is 0.381 e. The van der Waals surface area contributed by atoms with Crippen molar-refractivity contribution in [2.24, 2.45) is 17.3 Å². The van der Waals surface area contributed by atoms with E-state index in [-0.39, 0.29) is 0 Å². The maximum absolute atomic E-state index is 6.08. The fourth-order valence-electron chi connectivity index (χ4n) is 4.21. The van der Waals surface area contributed by atoms with Crippen molar-refractivity contribution in [3.8, 4) is 0 Å². The molecule has 2 saturated heterocycles. The summed E-state index contributed by atoms with van der Waals surface area (Å²) < 4.78 is 11.7. The van der Waals surface area contributed by atoms with Crippen LogP contribution in [0.5, 0.6) is 0 Å². The molecule has 1 aliphatic carbocycles. The SMILES string of the molecule is c1c[nH]c(CN2CC(COCC3CC3)C3(CCOCC3)C2)c1. The van der Waals surface area contributed by atoms with E-state index in [9.17, 15) is 0 Å². The zero-order valence-electron chi connectivity index (χ0n) is 13.4. The molecule has 0 aromatic carbocycles. The van der Waals surface area contributed by atoms with Crippen molar-refractivity contribution in [1.29, 1.82) is 0 Å². The number of H-pyrrole nitrogens is 1. The van der Waals surface area contributed by atoms with Crippen molar-refractivity contribution < 1.29 is 9.47 Å². The Morgan fingerprint density at radius 2 is 2.14 bits per heavy atom. The predicted molar refractivity (Wildman–Crippen MR) is 85.6 cm³/mol. The van der Waals surface area contributed by atoms with Gasteiger partial charge in [-0.15, -0.1) is 0 Å². The molecule has 0 bridgehead atoms. The van der Waals surface area contributed by atoms with Gasteiger partial charge in [0.25, 0.3) is 0 Å². The third-order valence-electron chi connectivity index (χ3n) is 5.80. The Hall–Kier alpha value is -0.840. The highest BCUT2D eigenvalue weighted by Crippen LogP contribution is 2.45. The zero-order valence-corrected chi connectivity index (χ0v) is 13.4. The molecule has 0 radical (unpaired) electrons. The summed E-state index contributed by atoms with van der Waals surface area (Å²) in [5.41, 5.74) is 1.75. The molecule has 3 fully saturated rings. The predicted octanol–water partition coefficient (Wildman–Crippen LogP) is 2.67. The fourth-order valence-corrected chi connectivity index (χ4v) is 4.21. The van der Waals surface area contributed by atoms with Gasteiger partial charge in [0.2, 0.25) is 0 Å². The summed E-state index contributed by atoms with van der Waals surface area (Å²) >= 11 is 0. The molecule has 1 aromatic rings. The molecule has 2 aliphatic heterocycles. The number of ether oxygens (including phenoxy) is 2. The van der Waals surface area contributed by atoms with Gasteiger partial charge < -0.3 is 14.5 Å². The second-order valence-electron chi connectivity index (χ2n) is 7.52. The molecular formula is C18H28N2O2. The van der Waals surface area contributed by atoms with Gasteiger partial charge in [-0.2, -0.15) is 0 Å². The van der Waals surface area contributed by atoms with Crippen LogP contribution in [0.3, 0.4) is 0 Å². The first-order chi connectivity index (χ1) is 10.8. The maximum Gasteiger partial charge on any atom is 0.0512 e. The van der Waals surface area contributed by atoms with E-state index in [2.05, 4.69) is 22.0 Å². The van der Waals surface area contributed by atoms with E-state index in [1.54, 1.807) is 0 Å². The van der Waals surface area contributed by atoms with Crippen LogP contribution in [0.4, 0.5) is 0 Å². The Balaban J connectivity index is 1.39. The highest BCUT2D eigenvalue weighted by Gasteiger charge is 2.47. The molecule has 1 atom stereocenters. The third-order valence-corrected chi connectivity index (χ3v) is 5.80. The van der Waals surface area contributed by atoms with Crippen molar-refractivity contribution in [3.63, 3.8) is 0 Å². The maximum atomic E-state index is 6.08. The zero-order chi connectivity index (χ0) is 14.8. The topological polar surface area (TPSA) is 37.5 Å². The monoisotopic (exact) mass is 304 g/mol. The van der Waals surface area contributed by atoms with E-state index >= 15 is 0 Å². The van der Waals surface area contributed by atoms with Crippen LogP contribution in [0.15, 0.2) is 18.3 Å². The Morgan fingerprint density at radius 3 is 2.86 bits per heavy atom. The van der Waals surface area contributed by atoms with Crippen LogP contribution >= 0.6 is 0 Å². The average molecular weight is 304 g/mol. The van der Waals surface area contributed by atoms with Crippen molar-refractivity contribution in [2.75, 3.05) is 39.5 Å². The van der Waals surface area contributed by atoms with Crippen LogP contribution in [-0.2, 0) is 16.0 Å². The molecule has 1 unspecified atom stereocenters. The van der Waals surface area contributed by atoms with E-state index in [0.29, 0.717) is 11.3 Å². The summed E-state index contributed by atoms with van der Waals surface area (Å²) in [5, 5.41) is 0. The summed E-state index contributed by atoms with van der Waals surface area (Å²) in [4.78, 5) is 5.95. The summed E-state index contributed by atoms with van der Waals surface area (Å²) in [6, 6.07) is 4.28. The van der Waals surface area contributed by atoms with E-state index in [0.717, 1.165) is 38.9 Å². The van der Waals surface area contributed by atoms with E-state index in [1.807, 2.05) is 6.20 Å². The third kappa shape index (κ3) is 3.24. The van der Waals surface area contributed by atoms with Gasteiger partial charge in [-0.05, 0) is 49.1 Å². The average Bonchev–Trinajstić information content (AvgIpc) is 3.11. The highest BCUT2D eigenvalue weighted by molar-refractivity contribution is 5.06. The number of hydrogen-bond donors (Lipinski definition) is 1. The highest BCUT2D eigenvalue weighted by atomic mass is 16.5. The first-order valence-corrected chi connectivity index (χ1v) is 8.84. The molecule has 4 rings (SSSR count). The standard InChI is InChI=1S/C18H28N2O2/c1-2-17(19-7-1)11-20-10-16(13-22-12-15-3-4-15)18(14-20)5-8-21-9-6-18/h1-2,7,15-16,19H,3-6,8-14H2. The van der Waals surface area contributed by atoms with Crippen LogP contribution in [0.25, 0.3) is 0 Å². The Bertz CT molecular complexity index is 463. The molecule has 3 heterocycles. The molecule has 4 heteroatoms. The molecule has 22 heavy (non-hydrogen) atoms. The minimum Gasteiger partial charge on any atom is -0.381 e. The smallest absolute Gasteiger partial charge is 0.0512 e. The van der Waals surface area contributed by atoms with Gasteiger partial charge in [-0.25, -0.2) is 0 Å². The van der Waals surface area contributed by atoms with Crippen molar-refractivity contribution in [3.05, 3.63) is 24.0 Å². The molecular weight excluding hydrogens is 276 g/mol. The summed E-state index contributed by atoms with van der Waals surface area (Å²) in [7, 11) is 0. The number of aromatic nitrogens is 1. The second-order valence-corrected chi connectivity index (χ2v) is 7.52. The van der Waals surface area contributed by atoms with Gasteiger partial charge >= 0.3 is 0 Å². The van der Waals surface area contributed by atoms with E-state index in [4.69, 9.17) is 9.47 Å². The molecule has 1 spiro atoms. The Labute approximate surface area is 133 Å². The van der Waals surface area contributed by atoms with Crippen molar-refractivity contribution >= 4 is 0 Å². The van der Waals surface area contributed by atoms with Crippen LogP contribution in [0, 0.1) is 17.3 Å². The number of likely N-dealkylation sites (tertiary alicyclic amines) is 1. The second kappa shape index (κ2) is 6.34. The first-order valence-electron chi connectivity index (χ1n) is 8.84. The lowest BCUT2D eigenvalue weighted by Gasteiger charge is -2.38. The molecule has 1 saturated carbocycles. The lowest BCUT2D eigenvalue weighted by Crippen LogP contribution is -2.38. The molecule has 4 nitrogen and oxygen atoms in total. The van der Waals surface area contributed by atoms with Crippen molar-refractivity contribution in [1.82, 2.24) is 9.88 Å². The Morgan fingerprint density at radius 1 is 1.27 bits per heavy atom. The fraction of sp³-hybridized carbons (Fsp3) is 0.778. The van der Waals surface area contributed by atoms with Gasteiger partial charge in [0.15, 0.2) is 0 Å². The Kier molecular flexibility index (Phi) is 4.25. The molecule has 3 aliphatic rings. The number of aromatic amines is 1. The van der Waals surface area contributed by atoms with Gasteiger partial charge in [-0.1, -0.05) is 0 Å². The van der Waals surface area contributed by atoms with Crippen LogP contribution in [0.1, 0.15) is 31.4 Å². The van der Waals surface area contributed by atoms with E-state index in [1.165, 1.54) is 44.5 Å². The minimum absolute atomic E-state index is 0.425. The lowest BCUT2D eigenvalue weighted by atomic mass is 9.72. The number of nitrogens with zero attached hydrogens (tertiary/aromatic N) is 1. The quantitative estimate of drug-likeness (QED) is 0.878. The molecule has 122 valence electrons. The summed E-state index contributed by atoms with van der Waals surface area (Å²) in [5.74, 6) is 1.53. The van der Waals surface area contributed by atoms with Crippen LogP contribution in [0.2, 0.25) is 0 Å². The van der Waals surface area contributed by atoms with Crippen molar-refractivity contribution in [2.45, 2.75) is 32.2 Å². The molecule has 1 aromatic heterocycles. The minimum atomic E-state index is 0.425. The molecule has 0 amide bonds. The summed E-state index contributed by atoms with van der Waals surface area (Å²) in [6.07, 6.45) is 7.18. The summed E-state index contributed by atoms with van der Waals surface area (Å²) in [6.45, 7) is 7.19. The van der Waals surface area contributed by atoms with Crippen LogP contribution < -0.4 is 0 Å². The van der Waals surface area contributed by atoms with Gasteiger partial charge in [0.1, 0.15) is 0 Å². The molecule has 1 N–H and O–H groups in total. The van der Waals surface area contributed by atoms with E-state index < -0.39 is 0 Å². The first kappa shape index (κ1) is 14.7. The number of rotatable bonds is 6.